The summed E-state index contributed by atoms with van der Waals surface area (Å²) in [6.07, 6.45) is 9.18. The number of rotatable bonds is 3. The lowest BCUT2D eigenvalue weighted by atomic mass is 9.89. The third kappa shape index (κ3) is 4.87. The van der Waals surface area contributed by atoms with Gasteiger partial charge in [-0.3, -0.25) is 15.0 Å². The van der Waals surface area contributed by atoms with Crippen LogP contribution in [0.2, 0.25) is 0 Å². The monoisotopic (exact) mass is 644 g/mol. The number of hydrogen-bond acceptors (Lipinski definition) is 9. The first-order chi connectivity index (χ1) is 23.0. The van der Waals surface area contributed by atoms with Crippen LogP contribution in [0.1, 0.15) is 68.4 Å². The van der Waals surface area contributed by atoms with E-state index in [1.165, 1.54) is 0 Å². The van der Waals surface area contributed by atoms with Crippen LogP contribution in [-0.4, -0.2) is 93.3 Å². The van der Waals surface area contributed by atoms with Gasteiger partial charge in [-0.05, 0) is 81.0 Å². The van der Waals surface area contributed by atoms with Crippen molar-refractivity contribution in [2.24, 2.45) is 0 Å². The molecule has 1 amide bonds. The van der Waals surface area contributed by atoms with E-state index < -0.39 is 23.6 Å². The van der Waals surface area contributed by atoms with Crippen LogP contribution in [0.5, 0.6) is 6.01 Å². The second kappa shape index (κ2) is 11.2. The molecule has 13 heteroatoms. The molecule has 3 aromatic heterocycles. The summed E-state index contributed by atoms with van der Waals surface area (Å²) < 4.78 is 43.8. The van der Waals surface area contributed by atoms with Gasteiger partial charge in [-0.25, -0.2) is 13.6 Å². The molecular weight excluding hydrogens is 606 g/mol. The maximum Gasteiger partial charge on any atom is 0.407 e. The van der Waals surface area contributed by atoms with Crippen LogP contribution in [0.25, 0.3) is 33.1 Å². The summed E-state index contributed by atoms with van der Waals surface area (Å²) >= 11 is 0. The first-order valence-electron chi connectivity index (χ1n) is 17.0. The van der Waals surface area contributed by atoms with Crippen molar-refractivity contribution in [2.75, 3.05) is 44.3 Å². The Morgan fingerprint density at radius 1 is 1.09 bits per heavy atom. The minimum absolute atomic E-state index is 0.0597. The average Bonchev–Trinajstić information content (AvgIpc) is 3.80. The molecule has 3 saturated heterocycles. The summed E-state index contributed by atoms with van der Waals surface area (Å²) in [7, 11) is 0. The molecule has 5 aliphatic heterocycles. The molecule has 10 rings (SSSR count). The highest BCUT2D eigenvalue weighted by Gasteiger charge is 2.49. The van der Waals surface area contributed by atoms with Crippen LogP contribution < -0.4 is 15.0 Å². The normalized spacial score (nSPS) is 27.7. The molecule has 11 nitrogen and oxygen atoms in total. The van der Waals surface area contributed by atoms with Gasteiger partial charge in [-0.15, -0.1) is 0 Å². The first kappa shape index (κ1) is 29.0. The Balaban J connectivity index is 1.22. The number of ether oxygens (including phenoxy) is 2. The fourth-order valence-electron chi connectivity index (χ4n) is 8.96. The second-order valence-electron chi connectivity index (χ2n) is 14.0. The number of amides is 1. The summed E-state index contributed by atoms with van der Waals surface area (Å²) in [5.41, 5.74) is 3.58. The van der Waals surface area contributed by atoms with Crippen molar-refractivity contribution in [3.63, 3.8) is 0 Å². The van der Waals surface area contributed by atoms with E-state index in [9.17, 15) is 9.18 Å². The predicted molar refractivity (Wildman–Crippen MR) is 171 cm³/mol. The van der Waals surface area contributed by atoms with Crippen LogP contribution in [0.4, 0.5) is 19.4 Å². The number of fused-ring (bicyclic) bond motifs is 7. The summed E-state index contributed by atoms with van der Waals surface area (Å²) in [6.45, 7) is 2.87. The van der Waals surface area contributed by atoms with Gasteiger partial charge in [0, 0.05) is 49.2 Å². The maximum absolute atomic E-state index is 17.2. The number of hydrogen-bond donors (Lipinski definition) is 2. The van der Waals surface area contributed by atoms with E-state index in [0.717, 1.165) is 73.5 Å². The van der Waals surface area contributed by atoms with E-state index >= 15 is 4.39 Å². The van der Waals surface area contributed by atoms with E-state index in [1.54, 1.807) is 12.4 Å². The van der Waals surface area contributed by atoms with Crippen molar-refractivity contribution in [3.8, 4) is 17.3 Å². The minimum Gasteiger partial charge on any atom is -0.461 e. The molecule has 6 bridgehead atoms. The number of aromatic amines is 1. The summed E-state index contributed by atoms with van der Waals surface area (Å²) in [6, 6.07) is 1.97. The SMILES string of the molecule is O=C1N[C@@H]2CCCCN(C2)c2nc(OC[C@@]34CCCN3C[C@H](F)C4)nc3c(F)c(ncc23)-c2c3c(cc4[nH]ncc24)CCC3CCO1. The molecule has 0 spiro atoms. The molecule has 1 aromatic carbocycles. The van der Waals surface area contributed by atoms with Gasteiger partial charge in [0.25, 0.3) is 0 Å². The molecular formula is C34H38F2N8O3. The van der Waals surface area contributed by atoms with Gasteiger partial charge in [0.2, 0.25) is 0 Å². The van der Waals surface area contributed by atoms with E-state index in [1.807, 2.05) is 0 Å². The number of H-pyrrole nitrogens is 1. The zero-order valence-electron chi connectivity index (χ0n) is 26.2. The van der Waals surface area contributed by atoms with Gasteiger partial charge in [-0.1, -0.05) is 0 Å². The standard InChI is InChI=1S/C34H38F2N8O3/c35-21-13-34(8-3-10-44(34)16-21)18-47-32-40-29-24-14-37-30(28(29)36)27-23-15-38-42-25(23)12-20-6-5-19(26(20)27)7-11-46-33(45)39-22-4-1-2-9-43(17-22)31(24)41-32/h12,14-15,19,21-22H,1-11,13,16-18H2,(H,38,42)(H,39,45)/t19?,21-,22-,34+/m1/s1. The lowest BCUT2D eigenvalue weighted by Gasteiger charge is -2.31. The molecule has 8 heterocycles. The lowest BCUT2D eigenvalue weighted by molar-refractivity contribution is 0.107. The molecule has 47 heavy (non-hydrogen) atoms. The number of nitrogens with zero attached hydrogens (tertiary/aromatic N) is 6. The minimum atomic E-state index is -0.894. The first-order valence-corrected chi connectivity index (χ1v) is 17.0. The number of halogens is 2. The Morgan fingerprint density at radius 2 is 2.02 bits per heavy atom. The van der Waals surface area contributed by atoms with Gasteiger partial charge < -0.3 is 19.7 Å². The molecule has 3 fully saturated rings. The van der Waals surface area contributed by atoms with E-state index in [-0.39, 0.29) is 42.4 Å². The molecule has 0 radical (unpaired) electrons. The molecule has 0 saturated carbocycles. The Labute approximate surface area is 270 Å². The van der Waals surface area contributed by atoms with Gasteiger partial charge in [0.15, 0.2) is 5.82 Å². The highest BCUT2D eigenvalue weighted by molar-refractivity contribution is 6.00. The van der Waals surface area contributed by atoms with Crippen LogP contribution in [-0.2, 0) is 11.2 Å². The predicted octanol–water partition coefficient (Wildman–Crippen LogP) is 5.18. The van der Waals surface area contributed by atoms with E-state index in [2.05, 4.69) is 31.4 Å². The molecule has 4 atom stereocenters. The van der Waals surface area contributed by atoms with Crippen LogP contribution in [0.15, 0.2) is 18.5 Å². The number of carbonyl (C=O) groups excluding carboxylic acids is 1. The third-order valence-electron chi connectivity index (χ3n) is 11.1. The molecule has 2 N–H and O–H groups in total. The fourth-order valence-corrected chi connectivity index (χ4v) is 8.96. The Morgan fingerprint density at radius 3 is 2.96 bits per heavy atom. The number of alkyl carbamates (subject to hydrolysis) is 1. The third-order valence-corrected chi connectivity index (χ3v) is 11.1. The topological polar surface area (TPSA) is 121 Å². The van der Waals surface area contributed by atoms with Crippen molar-refractivity contribution in [2.45, 2.75) is 81.5 Å². The van der Waals surface area contributed by atoms with Gasteiger partial charge in [-0.2, -0.15) is 15.1 Å². The highest BCUT2D eigenvalue weighted by atomic mass is 19.1. The van der Waals surface area contributed by atoms with Crippen molar-refractivity contribution in [1.82, 2.24) is 35.4 Å². The number of aryl methyl sites for hydroxylation is 1. The van der Waals surface area contributed by atoms with Crippen molar-refractivity contribution >= 4 is 33.7 Å². The number of alkyl halides is 1. The van der Waals surface area contributed by atoms with Crippen LogP contribution >= 0.6 is 0 Å². The quantitative estimate of drug-likeness (QED) is 0.311. The maximum atomic E-state index is 17.2. The Hall–Kier alpha value is -4.13. The fraction of sp³-hybridized carbons (Fsp3) is 0.559. The molecule has 6 aliphatic rings. The van der Waals surface area contributed by atoms with E-state index in [4.69, 9.17) is 24.4 Å². The molecule has 1 unspecified atom stereocenters. The Kier molecular flexibility index (Phi) is 6.95. The van der Waals surface area contributed by atoms with Gasteiger partial charge in [0.05, 0.1) is 29.2 Å². The molecule has 4 aromatic rings. The van der Waals surface area contributed by atoms with E-state index in [0.29, 0.717) is 49.2 Å². The largest absolute Gasteiger partial charge is 0.461 e. The van der Waals surface area contributed by atoms with Crippen molar-refractivity contribution in [3.05, 3.63) is 35.4 Å². The van der Waals surface area contributed by atoms with Crippen LogP contribution in [0, 0.1) is 5.82 Å². The summed E-state index contributed by atoms with van der Waals surface area (Å²) in [5.74, 6) is 0.0349. The zero-order chi connectivity index (χ0) is 31.7. The number of aromatic nitrogens is 5. The number of nitrogens with one attached hydrogen (secondary N) is 2. The molecule has 1 aliphatic carbocycles. The number of carbonyl (C=O) groups is 1. The van der Waals surface area contributed by atoms with Crippen molar-refractivity contribution in [1.29, 1.82) is 0 Å². The molecule has 246 valence electrons. The number of pyridine rings is 1. The summed E-state index contributed by atoms with van der Waals surface area (Å²) in [5, 5.41) is 11.7. The lowest BCUT2D eigenvalue weighted by Crippen LogP contribution is -2.44. The zero-order valence-corrected chi connectivity index (χ0v) is 26.2. The smallest absolute Gasteiger partial charge is 0.407 e. The van der Waals surface area contributed by atoms with Crippen LogP contribution in [0.3, 0.4) is 0 Å². The van der Waals surface area contributed by atoms with Gasteiger partial charge in [0.1, 0.15) is 29.8 Å². The van der Waals surface area contributed by atoms with Gasteiger partial charge >= 0.3 is 12.1 Å². The number of anilines is 1. The highest BCUT2D eigenvalue weighted by Crippen LogP contribution is 2.47. The Bertz CT molecular complexity index is 1890. The average molecular weight is 645 g/mol. The summed E-state index contributed by atoms with van der Waals surface area (Å²) in [4.78, 5) is 31.6. The van der Waals surface area contributed by atoms with Crippen molar-refractivity contribution < 1.29 is 23.0 Å². The number of benzene rings is 1. The second-order valence-corrected chi connectivity index (χ2v) is 14.0.